The van der Waals surface area contributed by atoms with Crippen LogP contribution in [-0.4, -0.2) is 35.2 Å². The first-order chi connectivity index (χ1) is 12.1. The molecule has 1 unspecified atom stereocenters. The van der Waals surface area contributed by atoms with E-state index >= 15 is 0 Å². The van der Waals surface area contributed by atoms with Gasteiger partial charge in [0.25, 0.3) is 5.95 Å². The Hall–Kier alpha value is -3.15. The third-order valence-electron chi connectivity index (χ3n) is 4.01. The summed E-state index contributed by atoms with van der Waals surface area (Å²) in [7, 11) is 3.73. The van der Waals surface area contributed by atoms with Gasteiger partial charge in [-0.25, -0.2) is 0 Å². The number of rotatable bonds is 5. The zero-order valence-corrected chi connectivity index (χ0v) is 14.4. The van der Waals surface area contributed by atoms with Crippen LogP contribution in [0.1, 0.15) is 35.4 Å². The summed E-state index contributed by atoms with van der Waals surface area (Å²) >= 11 is 0. The van der Waals surface area contributed by atoms with Gasteiger partial charge in [-0.1, -0.05) is 53.7 Å². The first-order valence-electron chi connectivity index (χ1n) is 7.99. The van der Waals surface area contributed by atoms with Crippen molar-refractivity contribution >= 4 is 11.7 Å². The second kappa shape index (κ2) is 7.17. The van der Waals surface area contributed by atoms with Crippen LogP contribution in [0.15, 0.2) is 64.3 Å². The average molecular weight is 336 g/mol. The lowest BCUT2D eigenvalue weighted by Crippen LogP contribution is -2.10. The molecule has 3 rings (SSSR count). The highest BCUT2D eigenvalue weighted by Gasteiger charge is 2.18. The zero-order chi connectivity index (χ0) is 17.8. The molecule has 0 aliphatic carbocycles. The Labute approximate surface area is 146 Å². The molecular weight excluding hydrogens is 316 g/mol. The Bertz CT molecular complexity index is 872. The molecule has 6 nitrogen and oxygen atoms in total. The van der Waals surface area contributed by atoms with E-state index in [1.54, 1.807) is 4.90 Å². The van der Waals surface area contributed by atoms with Crippen molar-refractivity contribution in [2.45, 2.75) is 12.8 Å². The highest BCUT2D eigenvalue weighted by Crippen LogP contribution is 2.25. The van der Waals surface area contributed by atoms with Crippen molar-refractivity contribution in [3.05, 3.63) is 77.2 Å². The van der Waals surface area contributed by atoms with Crippen molar-refractivity contribution in [3.63, 3.8) is 0 Å². The molecule has 0 aliphatic rings. The van der Waals surface area contributed by atoms with Crippen LogP contribution in [0.2, 0.25) is 0 Å². The number of nitrogens with zero attached hydrogens (tertiary/aromatic N) is 4. The summed E-state index contributed by atoms with van der Waals surface area (Å²) in [6, 6.07) is 17.4. The summed E-state index contributed by atoms with van der Waals surface area (Å²) in [5, 5.41) is 16.9. The molecule has 0 fully saturated rings. The predicted molar refractivity (Wildman–Crippen MR) is 96.5 cm³/mol. The van der Waals surface area contributed by atoms with Gasteiger partial charge in [0.2, 0.25) is 5.89 Å². The van der Waals surface area contributed by atoms with E-state index in [1.807, 2.05) is 75.6 Å². The molecule has 128 valence electrons. The van der Waals surface area contributed by atoms with Gasteiger partial charge in [-0.05, 0) is 23.7 Å². The lowest BCUT2D eigenvalue weighted by Gasteiger charge is -2.10. The fourth-order valence-electron chi connectivity index (χ4n) is 2.56. The number of anilines is 1. The minimum Gasteiger partial charge on any atom is -0.410 e. The van der Waals surface area contributed by atoms with E-state index in [0.29, 0.717) is 17.6 Å². The maximum absolute atomic E-state index is 9.49. The van der Waals surface area contributed by atoms with E-state index in [2.05, 4.69) is 15.3 Å². The molecule has 0 aliphatic heterocycles. The van der Waals surface area contributed by atoms with Crippen LogP contribution < -0.4 is 4.90 Å². The van der Waals surface area contributed by atoms with Gasteiger partial charge >= 0.3 is 0 Å². The van der Waals surface area contributed by atoms with E-state index in [4.69, 9.17) is 4.52 Å². The molecular formula is C19H20N4O2. The molecule has 1 atom stereocenters. The first kappa shape index (κ1) is 16.7. The Morgan fingerprint density at radius 3 is 2.44 bits per heavy atom. The summed E-state index contributed by atoms with van der Waals surface area (Å²) in [6.45, 7) is 2.00. The van der Waals surface area contributed by atoms with Crippen LogP contribution in [-0.2, 0) is 0 Å². The molecule has 1 N–H and O–H groups in total. The smallest absolute Gasteiger partial charge is 0.265 e. The maximum Gasteiger partial charge on any atom is 0.265 e. The monoisotopic (exact) mass is 336 g/mol. The minimum absolute atomic E-state index is 0.0723. The zero-order valence-electron chi connectivity index (χ0n) is 14.4. The van der Waals surface area contributed by atoms with Crippen LogP contribution >= 0.6 is 0 Å². The molecule has 0 saturated carbocycles. The Balaban J connectivity index is 1.93. The van der Waals surface area contributed by atoms with Gasteiger partial charge in [0.05, 0.1) is 5.92 Å². The quantitative estimate of drug-likeness (QED) is 0.438. The van der Waals surface area contributed by atoms with Crippen molar-refractivity contribution in [2.75, 3.05) is 19.0 Å². The summed E-state index contributed by atoms with van der Waals surface area (Å²) in [6.07, 6.45) is 0. The molecule has 25 heavy (non-hydrogen) atoms. The third kappa shape index (κ3) is 3.52. The van der Waals surface area contributed by atoms with Gasteiger partial charge in [0.1, 0.15) is 5.71 Å². The molecule has 6 heteroatoms. The first-order valence-corrected chi connectivity index (χ1v) is 7.99. The third-order valence-corrected chi connectivity index (χ3v) is 4.01. The molecule has 0 bridgehead atoms. The second-order valence-electron chi connectivity index (χ2n) is 5.99. The van der Waals surface area contributed by atoms with Crippen molar-refractivity contribution in [1.82, 2.24) is 10.1 Å². The summed E-state index contributed by atoms with van der Waals surface area (Å²) in [5.41, 5.74) is 3.20. The summed E-state index contributed by atoms with van der Waals surface area (Å²) < 4.78 is 5.37. The summed E-state index contributed by atoms with van der Waals surface area (Å²) in [5.74, 6) is 1.01. The molecule has 1 heterocycles. The molecule has 0 spiro atoms. The van der Waals surface area contributed by atoms with E-state index < -0.39 is 0 Å². The van der Waals surface area contributed by atoms with Crippen LogP contribution in [0.25, 0.3) is 0 Å². The number of hydrogen-bond acceptors (Lipinski definition) is 6. The highest BCUT2D eigenvalue weighted by atomic mass is 16.5. The lowest BCUT2D eigenvalue weighted by molar-refractivity contribution is 0.319. The maximum atomic E-state index is 9.49. The number of aromatic nitrogens is 2. The van der Waals surface area contributed by atoms with Crippen molar-refractivity contribution in [3.8, 4) is 0 Å². The van der Waals surface area contributed by atoms with Crippen molar-refractivity contribution < 1.29 is 9.73 Å². The van der Waals surface area contributed by atoms with Gasteiger partial charge in [0.15, 0.2) is 0 Å². The topological polar surface area (TPSA) is 74.8 Å². The van der Waals surface area contributed by atoms with Crippen LogP contribution in [0.4, 0.5) is 5.95 Å². The molecule has 3 aromatic rings. The predicted octanol–water partition coefficient (Wildman–Crippen LogP) is 3.51. The van der Waals surface area contributed by atoms with Crippen molar-refractivity contribution in [1.29, 1.82) is 0 Å². The van der Waals surface area contributed by atoms with Crippen molar-refractivity contribution in [2.24, 2.45) is 5.16 Å². The van der Waals surface area contributed by atoms with E-state index in [9.17, 15) is 5.21 Å². The number of oxime groups is 1. The molecule has 2 aromatic carbocycles. The van der Waals surface area contributed by atoms with E-state index in [0.717, 1.165) is 16.7 Å². The lowest BCUT2D eigenvalue weighted by atomic mass is 9.95. The van der Waals surface area contributed by atoms with Crippen LogP contribution in [0.5, 0.6) is 0 Å². The number of benzene rings is 2. The van der Waals surface area contributed by atoms with Gasteiger partial charge in [-0.15, -0.1) is 0 Å². The Kier molecular flexibility index (Phi) is 4.79. The normalized spacial score (nSPS) is 12.8. The second-order valence-corrected chi connectivity index (χ2v) is 5.99. The molecule has 0 saturated heterocycles. The fourth-order valence-corrected chi connectivity index (χ4v) is 2.56. The van der Waals surface area contributed by atoms with E-state index in [1.165, 1.54) is 0 Å². The number of hydrogen-bond donors (Lipinski definition) is 1. The minimum atomic E-state index is -0.0723. The fraction of sp³-hybridized carbons (Fsp3) is 0.211. The highest BCUT2D eigenvalue weighted by molar-refractivity contribution is 6.12. The summed E-state index contributed by atoms with van der Waals surface area (Å²) in [4.78, 5) is 6.20. The SMILES string of the molecule is CC(c1cccc(C(=NO)c2ccccc2)c1)c1nc(N(C)C)no1. The van der Waals surface area contributed by atoms with Gasteiger partial charge < -0.3 is 14.6 Å². The average Bonchev–Trinajstić information content (AvgIpc) is 3.13. The molecule has 0 amide bonds. The van der Waals surface area contributed by atoms with Gasteiger partial charge in [-0.3, -0.25) is 0 Å². The largest absolute Gasteiger partial charge is 0.410 e. The molecule has 1 aromatic heterocycles. The van der Waals surface area contributed by atoms with Crippen LogP contribution in [0.3, 0.4) is 0 Å². The Morgan fingerprint density at radius 2 is 1.80 bits per heavy atom. The standard InChI is InChI=1S/C19H20N4O2/c1-13(18-20-19(22-25-18)23(2)3)15-10-7-11-16(12-15)17(21-24)14-8-5-4-6-9-14/h4-13,24H,1-3H3. The van der Waals surface area contributed by atoms with Gasteiger partial charge in [-0.2, -0.15) is 4.98 Å². The Morgan fingerprint density at radius 1 is 1.08 bits per heavy atom. The van der Waals surface area contributed by atoms with Gasteiger partial charge in [0, 0.05) is 25.2 Å². The van der Waals surface area contributed by atoms with Crippen LogP contribution in [0, 0.1) is 0 Å². The van der Waals surface area contributed by atoms with E-state index in [-0.39, 0.29) is 5.92 Å². The molecule has 0 radical (unpaired) electrons.